The zero-order chi connectivity index (χ0) is 22.5. The Balaban J connectivity index is 1.51. The molecule has 6 nitrogen and oxygen atoms in total. The largest absolute Gasteiger partial charge is 0.273 e. The molecule has 3 aromatic carbocycles. The molecule has 0 saturated carbocycles. The SMILES string of the molecule is O=C1[C@@H]2[C@@H](c3cc4ccccc4nc3Cl)N(c3ccccc3)O[C@H]2C(=O)N1c1ccccc1. The van der Waals surface area contributed by atoms with Gasteiger partial charge in [0.1, 0.15) is 11.1 Å². The molecule has 0 aliphatic carbocycles. The summed E-state index contributed by atoms with van der Waals surface area (Å²) in [6.45, 7) is 0. The minimum atomic E-state index is -0.953. The molecule has 2 aliphatic rings. The van der Waals surface area contributed by atoms with Gasteiger partial charge in [-0.2, -0.15) is 0 Å². The Hall–Kier alpha value is -3.74. The van der Waals surface area contributed by atoms with Crippen molar-refractivity contribution >= 4 is 45.7 Å². The lowest BCUT2D eigenvalue weighted by Gasteiger charge is -2.29. The van der Waals surface area contributed by atoms with Gasteiger partial charge in [0.2, 0.25) is 5.91 Å². The van der Waals surface area contributed by atoms with Crippen LogP contribution >= 0.6 is 11.6 Å². The number of carbonyl (C=O) groups excluding carboxylic acids is 2. The van der Waals surface area contributed by atoms with Crippen molar-refractivity contribution in [2.75, 3.05) is 9.96 Å². The summed E-state index contributed by atoms with van der Waals surface area (Å²) in [5.41, 5.74) is 2.65. The number of pyridine rings is 1. The molecule has 0 spiro atoms. The summed E-state index contributed by atoms with van der Waals surface area (Å²) < 4.78 is 0. The maximum absolute atomic E-state index is 13.7. The zero-order valence-electron chi connectivity index (χ0n) is 17.3. The standard InChI is InChI=1S/C26H18ClN3O3/c27-24-19(15-16-9-7-8-14-20(16)28-24)22-21-23(33-30(22)18-12-5-2-6-13-18)26(32)29(25(21)31)17-10-3-1-4-11-17/h1-15,21-23H/t21-,22-,23-/m1/s1. The van der Waals surface area contributed by atoms with E-state index in [1.54, 1.807) is 29.3 Å². The molecule has 6 rings (SSSR count). The maximum Gasteiger partial charge on any atom is 0.266 e. The molecule has 33 heavy (non-hydrogen) atoms. The summed E-state index contributed by atoms with van der Waals surface area (Å²) in [6, 6.07) is 27.3. The van der Waals surface area contributed by atoms with Gasteiger partial charge in [-0.05, 0) is 36.4 Å². The lowest BCUT2D eigenvalue weighted by atomic mass is 9.90. The summed E-state index contributed by atoms with van der Waals surface area (Å²) >= 11 is 6.66. The van der Waals surface area contributed by atoms with Gasteiger partial charge in [0, 0.05) is 10.9 Å². The van der Waals surface area contributed by atoms with E-state index in [9.17, 15) is 9.59 Å². The van der Waals surface area contributed by atoms with Gasteiger partial charge in [0.25, 0.3) is 5.91 Å². The number of rotatable bonds is 3. The number of halogens is 1. The minimum absolute atomic E-state index is 0.280. The number of anilines is 2. The second kappa shape index (κ2) is 7.69. The molecule has 3 atom stereocenters. The topological polar surface area (TPSA) is 62.7 Å². The monoisotopic (exact) mass is 455 g/mol. The maximum atomic E-state index is 13.7. The van der Waals surface area contributed by atoms with Crippen molar-refractivity contribution in [2.45, 2.75) is 12.1 Å². The second-order valence-corrected chi connectivity index (χ2v) is 8.42. The third kappa shape index (κ3) is 3.10. The normalized spacial score (nSPS) is 22.3. The van der Waals surface area contributed by atoms with E-state index >= 15 is 0 Å². The van der Waals surface area contributed by atoms with Gasteiger partial charge in [-0.1, -0.05) is 66.2 Å². The van der Waals surface area contributed by atoms with E-state index < -0.39 is 18.1 Å². The second-order valence-electron chi connectivity index (χ2n) is 8.07. The lowest BCUT2D eigenvalue weighted by Crippen LogP contribution is -2.37. The van der Waals surface area contributed by atoms with Crippen molar-refractivity contribution in [3.63, 3.8) is 0 Å². The van der Waals surface area contributed by atoms with Gasteiger partial charge in [-0.25, -0.2) is 14.9 Å². The molecule has 1 aromatic heterocycles. The van der Waals surface area contributed by atoms with E-state index in [2.05, 4.69) is 4.98 Å². The van der Waals surface area contributed by atoms with Crippen LogP contribution in [0.3, 0.4) is 0 Å². The molecule has 0 bridgehead atoms. The van der Waals surface area contributed by atoms with Crippen LogP contribution in [0.4, 0.5) is 11.4 Å². The van der Waals surface area contributed by atoms with Gasteiger partial charge < -0.3 is 0 Å². The van der Waals surface area contributed by atoms with Crippen LogP contribution in [0.2, 0.25) is 5.15 Å². The summed E-state index contributed by atoms with van der Waals surface area (Å²) in [5.74, 6) is -1.47. The van der Waals surface area contributed by atoms with E-state index in [0.717, 1.165) is 16.6 Å². The Morgan fingerprint density at radius 2 is 1.42 bits per heavy atom. The van der Waals surface area contributed by atoms with Gasteiger partial charge in [-0.15, -0.1) is 0 Å². The number of hydrogen-bond acceptors (Lipinski definition) is 5. The predicted octanol–water partition coefficient (Wildman–Crippen LogP) is 4.94. The number of carbonyl (C=O) groups is 2. The first kappa shape index (κ1) is 19.9. The molecule has 2 fully saturated rings. The van der Waals surface area contributed by atoms with E-state index in [-0.39, 0.29) is 17.0 Å². The molecule has 2 amide bonds. The first-order chi connectivity index (χ1) is 16.1. The quantitative estimate of drug-likeness (QED) is 0.323. The molecule has 2 aliphatic heterocycles. The van der Waals surface area contributed by atoms with E-state index in [0.29, 0.717) is 11.3 Å². The van der Waals surface area contributed by atoms with Crippen LogP contribution in [0.5, 0.6) is 0 Å². The molecule has 0 unspecified atom stereocenters. The van der Waals surface area contributed by atoms with Crippen LogP contribution in [-0.2, 0) is 14.4 Å². The van der Waals surface area contributed by atoms with Crippen LogP contribution in [0, 0.1) is 5.92 Å². The summed E-state index contributed by atoms with van der Waals surface area (Å²) in [6.07, 6.45) is -0.953. The van der Waals surface area contributed by atoms with Crippen LogP contribution < -0.4 is 9.96 Å². The molecule has 0 N–H and O–H groups in total. The molecule has 2 saturated heterocycles. The smallest absolute Gasteiger partial charge is 0.266 e. The fourth-order valence-corrected chi connectivity index (χ4v) is 4.93. The van der Waals surface area contributed by atoms with Crippen molar-refractivity contribution in [1.29, 1.82) is 0 Å². The summed E-state index contributed by atoms with van der Waals surface area (Å²) in [4.78, 5) is 39.0. The van der Waals surface area contributed by atoms with E-state index in [1.807, 2.05) is 66.7 Å². The highest BCUT2D eigenvalue weighted by Crippen LogP contribution is 2.49. The Kier molecular flexibility index (Phi) is 4.64. The highest BCUT2D eigenvalue weighted by Gasteiger charge is 2.60. The lowest BCUT2D eigenvalue weighted by molar-refractivity contribution is -0.126. The van der Waals surface area contributed by atoms with Gasteiger partial charge >= 0.3 is 0 Å². The van der Waals surface area contributed by atoms with Crippen LogP contribution in [0.25, 0.3) is 10.9 Å². The molecule has 3 heterocycles. The number of nitrogens with zero attached hydrogens (tertiary/aromatic N) is 3. The zero-order valence-corrected chi connectivity index (χ0v) is 18.1. The van der Waals surface area contributed by atoms with Crippen LogP contribution in [0.15, 0.2) is 91.0 Å². The summed E-state index contributed by atoms with van der Waals surface area (Å²) in [5, 5.41) is 2.80. The predicted molar refractivity (Wildman–Crippen MR) is 126 cm³/mol. The van der Waals surface area contributed by atoms with Crippen molar-refractivity contribution in [1.82, 2.24) is 4.98 Å². The first-order valence-corrected chi connectivity index (χ1v) is 11.0. The minimum Gasteiger partial charge on any atom is -0.273 e. The van der Waals surface area contributed by atoms with E-state index in [4.69, 9.17) is 16.4 Å². The van der Waals surface area contributed by atoms with Crippen molar-refractivity contribution in [3.8, 4) is 0 Å². The molecule has 7 heteroatoms. The fraction of sp³-hybridized carbons (Fsp3) is 0.115. The Labute approximate surface area is 194 Å². The number of benzene rings is 3. The number of aromatic nitrogens is 1. The number of para-hydroxylation sites is 3. The Morgan fingerprint density at radius 3 is 2.15 bits per heavy atom. The fourth-order valence-electron chi connectivity index (χ4n) is 4.68. The molecular weight excluding hydrogens is 438 g/mol. The Morgan fingerprint density at radius 1 is 0.788 bits per heavy atom. The van der Waals surface area contributed by atoms with Crippen LogP contribution in [-0.4, -0.2) is 22.9 Å². The molecular formula is C26H18ClN3O3. The average Bonchev–Trinajstić information content (AvgIpc) is 3.35. The molecule has 4 aromatic rings. The number of amides is 2. The van der Waals surface area contributed by atoms with Gasteiger partial charge in [0.05, 0.1) is 22.9 Å². The van der Waals surface area contributed by atoms with Crippen molar-refractivity contribution in [2.24, 2.45) is 5.92 Å². The third-order valence-corrected chi connectivity index (χ3v) is 6.47. The van der Waals surface area contributed by atoms with E-state index in [1.165, 1.54) is 4.90 Å². The van der Waals surface area contributed by atoms with Crippen LogP contribution in [0.1, 0.15) is 11.6 Å². The number of hydroxylamine groups is 1. The highest BCUT2D eigenvalue weighted by molar-refractivity contribution is 6.31. The number of imide groups is 1. The first-order valence-electron chi connectivity index (χ1n) is 10.6. The van der Waals surface area contributed by atoms with Crippen molar-refractivity contribution < 1.29 is 14.4 Å². The highest BCUT2D eigenvalue weighted by atomic mass is 35.5. The Bertz CT molecular complexity index is 1380. The molecule has 0 radical (unpaired) electrons. The summed E-state index contributed by atoms with van der Waals surface area (Å²) in [7, 11) is 0. The average molecular weight is 456 g/mol. The molecule has 162 valence electrons. The van der Waals surface area contributed by atoms with Gasteiger partial charge in [0.15, 0.2) is 6.10 Å². The number of fused-ring (bicyclic) bond motifs is 2. The van der Waals surface area contributed by atoms with Gasteiger partial charge in [-0.3, -0.25) is 14.4 Å². The number of hydrogen-bond donors (Lipinski definition) is 0. The van der Waals surface area contributed by atoms with Crippen molar-refractivity contribution in [3.05, 3.63) is 102 Å². The third-order valence-electron chi connectivity index (χ3n) is 6.16.